The van der Waals surface area contributed by atoms with Gasteiger partial charge in [-0.2, -0.15) is 0 Å². The van der Waals surface area contributed by atoms with E-state index in [1.54, 1.807) is 0 Å². The molecule has 0 spiro atoms. The first-order valence-corrected chi connectivity index (χ1v) is 8.65. The van der Waals surface area contributed by atoms with Gasteiger partial charge in [-0.15, -0.1) is 0 Å². The molecular formula is C23H14N2O. The van der Waals surface area contributed by atoms with Crippen molar-refractivity contribution in [3.8, 4) is 5.69 Å². The summed E-state index contributed by atoms with van der Waals surface area (Å²) in [5, 5.41) is 5.01. The number of oxazole rings is 1. The Bertz CT molecular complexity index is 1440. The Labute approximate surface area is 149 Å². The molecule has 3 nitrogen and oxygen atoms in total. The van der Waals surface area contributed by atoms with Crippen LogP contribution in [0.3, 0.4) is 0 Å². The fourth-order valence-electron chi connectivity index (χ4n) is 3.98. The summed E-state index contributed by atoms with van der Waals surface area (Å²) in [5.41, 5.74) is 5.19. The Morgan fingerprint density at radius 1 is 0.731 bits per heavy atom. The summed E-state index contributed by atoms with van der Waals surface area (Å²) in [6.45, 7) is 0. The van der Waals surface area contributed by atoms with E-state index < -0.39 is 0 Å². The number of aromatic nitrogens is 2. The van der Waals surface area contributed by atoms with E-state index in [1.807, 2.05) is 6.07 Å². The minimum atomic E-state index is 0.805. The van der Waals surface area contributed by atoms with Gasteiger partial charge in [-0.3, -0.25) is 0 Å². The molecule has 0 unspecified atom stereocenters. The maximum Gasteiger partial charge on any atom is 0.181 e. The van der Waals surface area contributed by atoms with Crippen LogP contribution in [0.25, 0.3) is 49.4 Å². The quantitative estimate of drug-likeness (QED) is 0.365. The molecule has 122 valence electrons. The lowest BCUT2D eigenvalue weighted by Gasteiger charge is -2.09. The molecule has 0 aliphatic carbocycles. The van der Waals surface area contributed by atoms with Crippen molar-refractivity contribution in [1.82, 2.24) is 9.55 Å². The highest BCUT2D eigenvalue weighted by Gasteiger charge is 2.15. The smallest absolute Gasteiger partial charge is 0.181 e. The SMILES string of the molecule is c1ccc2c(c1)ccc1c3ccccc3n(-c3ccc4ocnc4c3)c21. The Morgan fingerprint density at radius 2 is 1.58 bits per heavy atom. The van der Waals surface area contributed by atoms with E-state index in [-0.39, 0.29) is 0 Å². The topological polar surface area (TPSA) is 31.0 Å². The summed E-state index contributed by atoms with van der Waals surface area (Å²) in [5.74, 6) is 0. The van der Waals surface area contributed by atoms with Gasteiger partial charge in [0, 0.05) is 21.8 Å². The maximum absolute atomic E-state index is 5.42. The number of rotatable bonds is 1. The molecule has 0 saturated carbocycles. The van der Waals surface area contributed by atoms with Crippen molar-refractivity contribution >= 4 is 43.7 Å². The van der Waals surface area contributed by atoms with Gasteiger partial charge in [0.25, 0.3) is 0 Å². The lowest BCUT2D eigenvalue weighted by Crippen LogP contribution is -1.94. The van der Waals surface area contributed by atoms with Crippen molar-refractivity contribution < 1.29 is 4.42 Å². The van der Waals surface area contributed by atoms with Crippen LogP contribution in [-0.4, -0.2) is 9.55 Å². The van der Waals surface area contributed by atoms with Crippen molar-refractivity contribution in [1.29, 1.82) is 0 Å². The zero-order valence-electron chi connectivity index (χ0n) is 13.9. The molecule has 2 aromatic heterocycles. The number of hydrogen-bond acceptors (Lipinski definition) is 2. The van der Waals surface area contributed by atoms with Crippen molar-refractivity contribution in [3.05, 3.63) is 85.3 Å². The molecule has 0 saturated heterocycles. The molecule has 0 radical (unpaired) electrons. The fourth-order valence-corrected chi connectivity index (χ4v) is 3.98. The van der Waals surface area contributed by atoms with Crippen LogP contribution in [-0.2, 0) is 0 Å². The van der Waals surface area contributed by atoms with Gasteiger partial charge in [-0.1, -0.05) is 54.6 Å². The molecule has 26 heavy (non-hydrogen) atoms. The highest BCUT2D eigenvalue weighted by Crippen LogP contribution is 2.36. The lowest BCUT2D eigenvalue weighted by atomic mass is 10.1. The van der Waals surface area contributed by atoms with Gasteiger partial charge in [-0.05, 0) is 29.7 Å². The second-order valence-corrected chi connectivity index (χ2v) is 6.54. The zero-order chi connectivity index (χ0) is 17.1. The summed E-state index contributed by atoms with van der Waals surface area (Å²) < 4.78 is 7.75. The van der Waals surface area contributed by atoms with Crippen molar-refractivity contribution in [2.75, 3.05) is 0 Å². The van der Waals surface area contributed by atoms with Crippen LogP contribution in [0.5, 0.6) is 0 Å². The summed E-state index contributed by atoms with van der Waals surface area (Å²) in [6, 6.07) is 27.7. The van der Waals surface area contributed by atoms with Gasteiger partial charge in [0.1, 0.15) is 5.52 Å². The summed E-state index contributed by atoms with van der Waals surface area (Å²) in [4.78, 5) is 4.33. The molecule has 0 bridgehead atoms. The monoisotopic (exact) mass is 334 g/mol. The first-order chi connectivity index (χ1) is 12.9. The fraction of sp³-hybridized carbons (Fsp3) is 0. The van der Waals surface area contributed by atoms with Crippen LogP contribution in [0.15, 0.2) is 89.7 Å². The lowest BCUT2D eigenvalue weighted by molar-refractivity contribution is 0.602. The average molecular weight is 334 g/mol. The van der Waals surface area contributed by atoms with Crippen LogP contribution in [0.4, 0.5) is 0 Å². The Morgan fingerprint density at radius 3 is 2.54 bits per heavy atom. The van der Waals surface area contributed by atoms with Gasteiger partial charge in [-0.25, -0.2) is 4.98 Å². The molecule has 3 heteroatoms. The zero-order valence-corrected chi connectivity index (χ0v) is 13.9. The van der Waals surface area contributed by atoms with Gasteiger partial charge in [0.2, 0.25) is 0 Å². The van der Waals surface area contributed by atoms with E-state index in [4.69, 9.17) is 4.42 Å². The molecule has 0 fully saturated rings. The van der Waals surface area contributed by atoms with E-state index in [1.165, 1.54) is 39.0 Å². The molecule has 0 amide bonds. The van der Waals surface area contributed by atoms with Crippen LogP contribution in [0.2, 0.25) is 0 Å². The molecular weight excluding hydrogens is 320 g/mol. The van der Waals surface area contributed by atoms with Gasteiger partial charge in [0.15, 0.2) is 12.0 Å². The van der Waals surface area contributed by atoms with Crippen LogP contribution in [0, 0.1) is 0 Å². The maximum atomic E-state index is 5.42. The molecule has 0 atom stereocenters. The van der Waals surface area contributed by atoms with Crippen molar-refractivity contribution in [2.24, 2.45) is 0 Å². The molecule has 2 heterocycles. The molecule has 4 aromatic carbocycles. The second-order valence-electron chi connectivity index (χ2n) is 6.54. The number of nitrogens with zero attached hydrogens (tertiary/aromatic N) is 2. The highest BCUT2D eigenvalue weighted by molar-refractivity contribution is 6.18. The highest BCUT2D eigenvalue weighted by atomic mass is 16.3. The van der Waals surface area contributed by atoms with E-state index in [0.717, 1.165) is 16.8 Å². The average Bonchev–Trinajstić information content (AvgIpc) is 3.29. The number of para-hydroxylation sites is 1. The third-order valence-electron chi connectivity index (χ3n) is 5.13. The largest absolute Gasteiger partial charge is 0.443 e. The molecule has 0 aliphatic heterocycles. The molecule has 6 rings (SSSR count). The Balaban J connectivity index is 1.86. The third kappa shape index (κ3) is 1.74. The van der Waals surface area contributed by atoms with Gasteiger partial charge >= 0.3 is 0 Å². The third-order valence-corrected chi connectivity index (χ3v) is 5.13. The summed E-state index contributed by atoms with van der Waals surface area (Å²) >= 11 is 0. The van der Waals surface area contributed by atoms with Crippen molar-refractivity contribution in [3.63, 3.8) is 0 Å². The predicted molar refractivity (Wildman–Crippen MR) is 106 cm³/mol. The normalized spacial score (nSPS) is 11.8. The molecule has 0 N–H and O–H groups in total. The summed E-state index contributed by atoms with van der Waals surface area (Å²) in [6.07, 6.45) is 1.50. The second kappa shape index (κ2) is 4.96. The first-order valence-electron chi connectivity index (χ1n) is 8.65. The minimum Gasteiger partial charge on any atom is -0.443 e. The van der Waals surface area contributed by atoms with E-state index in [0.29, 0.717) is 0 Å². The predicted octanol–water partition coefficient (Wildman–Crippen LogP) is 6.08. The Hall–Kier alpha value is -3.59. The van der Waals surface area contributed by atoms with Crippen LogP contribution in [0.1, 0.15) is 0 Å². The minimum absolute atomic E-state index is 0.805. The Kier molecular flexibility index (Phi) is 2.61. The standard InChI is InChI=1S/C23H14N2O/c1-2-6-17-15(5-1)9-11-19-18-7-3-4-8-21(18)25(23(17)19)16-10-12-22-20(13-16)24-14-26-22/h1-14H. The van der Waals surface area contributed by atoms with E-state index >= 15 is 0 Å². The number of hydrogen-bond donors (Lipinski definition) is 0. The summed E-state index contributed by atoms with van der Waals surface area (Å²) in [7, 11) is 0. The van der Waals surface area contributed by atoms with E-state index in [9.17, 15) is 0 Å². The number of benzene rings is 4. The van der Waals surface area contributed by atoms with E-state index in [2.05, 4.69) is 82.3 Å². The van der Waals surface area contributed by atoms with Crippen molar-refractivity contribution in [2.45, 2.75) is 0 Å². The molecule has 0 aliphatic rings. The number of fused-ring (bicyclic) bond motifs is 6. The van der Waals surface area contributed by atoms with Gasteiger partial charge < -0.3 is 8.98 Å². The first kappa shape index (κ1) is 13.7. The van der Waals surface area contributed by atoms with Gasteiger partial charge in [0.05, 0.1) is 11.0 Å². The van der Waals surface area contributed by atoms with Crippen LogP contribution < -0.4 is 0 Å². The molecule has 6 aromatic rings. The van der Waals surface area contributed by atoms with Crippen LogP contribution >= 0.6 is 0 Å².